The average Bonchev–Trinajstić information content (AvgIpc) is 2.82. The van der Waals surface area contributed by atoms with E-state index >= 15 is 0 Å². The zero-order valence-corrected chi connectivity index (χ0v) is 18.4. The Bertz CT molecular complexity index is 916. The molecule has 0 unspecified atom stereocenters. The van der Waals surface area contributed by atoms with Gasteiger partial charge >= 0.3 is 6.03 Å². The summed E-state index contributed by atoms with van der Waals surface area (Å²) in [4.78, 5) is 17.9. The number of hydrogen-bond donors (Lipinski definition) is 1. The van der Waals surface area contributed by atoms with Crippen LogP contribution in [0.25, 0.3) is 0 Å². The SMILES string of the molecule is COc1ccc2c(c1)[C@H]1C[C@H]3[C@H](CCCN3C(=O)NCCc3ccccc3)CN1CC2. The maximum absolute atomic E-state index is 13.1. The number of carbonyl (C=O) groups excluding carboxylic acids is 1. The molecule has 3 heterocycles. The van der Waals surface area contributed by atoms with Gasteiger partial charge in [-0.1, -0.05) is 36.4 Å². The van der Waals surface area contributed by atoms with Crippen molar-refractivity contribution in [2.75, 3.05) is 33.3 Å². The highest BCUT2D eigenvalue weighted by Crippen LogP contribution is 2.43. The van der Waals surface area contributed by atoms with Crippen molar-refractivity contribution in [3.05, 3.63) is 65.2 Å². The Labute approximate surface area is 185 Å². The summed E-state index contributed by atoms with van der Waals surface area (Å²) in [6.45, 7) is 3.78. The molecule has 2 aromatic carbocycles. The summed E-state index contributed by atoms with van der Waals surface area (Å²) in [5.41, 5.74) is 4.11. The van der Waals surface area contributed by atoms with Crippen LogP contribution >= 0.6 is 0 Å². The molecular formula is C26H33N3O2. The molecule has 5 nitrogen and oxygen atoms in total. The van der Waals surface area contributed by atoms with Gasteiger partial charge < -0.3 is 15.0 Å². The topological polar surface area (TPSA) is 44.8 Å². The fourth-order valence-electron chi connectivity index (χ4n) is 5.86. The molecule has 5 rings (SSSR count). The van der Waals surface area contributed by atoms with Crippen LogP contribution in [-0.2, 0) is 12.8 Å². The second kappa shape index (κ2) is 8.91. The van der Waals surface area contributed by atoms with E-state index in [0.29, 0.717) is 24.5 Å². The zero-order valence-electron chi connectivity index (χ0n) is 18.4. The molecule has 5 heteroatoms. The lowest BCUT2D eigenvalue weighted by molar-refractivity contribution is 0.00572. The van der Waals surface area contributed by atoms with Crippen molar-refractivity contribution < 1.29 is 9.53 Å². The number of likely N-dealkylation sites (tertiary alicyclic amines) is 1. The van der Waals surface area contributed by atoms with Crippen LogP contribution in [0.4, 0.5) is 4.79 Å². The van der Waals surface area contributed by atoms with Gasteiger partial charge in [0, 0.05) is 38.3 Å². The molecule has 0 saturated carbocycles. The summed E-state index contributed by atoms with van der Waals surface area (Å²) in [5, 5.41) is 3.20. The fraction of sp³-hybridized carbons (Fsp3) is 0.500. The molecule has 3 aliphatic rings. The molecule has 0 bridgehead atoms. The van der Waals surface area contributed by atoms with Crippen LogP contribution in [0.2, 0.25) is 0 Å². The second-order valence-electron chi connectivity index (χ2n) is 9.19. The Morgan fingerprint density at radius 3 is 2.87 bits per heavy atom. The Morgan fingerprint density at radius 2 is 2.03 bits per heavy atom. The van der Waals surface area contributed by atoms with E-state index in [1.165, 1.54) is 23.1 Å². The first-order valence-corrected chi connectivity index (χ1v) is 11.7. The van der Waals surface area contributed by atoms with Crippen LogP contribution in [0.5, 0.6) is 5.75 Å². The van der Waals surface area contributed by atoms with Gasteiger partial charge in [-0.3, -0.25) is 4.90 Å². The minimum Gasteiger partial charge on any atom is -0.497 e. The molecule has 0 radical (unpaired) electrons. The van der Waals surface area contributed by atoms with Gasteiger partial charge in [0.2, 0.25) is 0 Å². The summed E-state index contributed by atoms with van der Waals surface area (Å²) < 4.78 is 5.51. The van der Waals surface area contributed by atoms with E-state index in [2.05, 4.69) is 57.6 Å². The highest BCUT2D eigenvalue weighted by atomic mass is 16.5. The summed E-state index contributed by atoms with van der Waals surface area (Å²) in [5.74, 6) is 1.51. The monoisotopic (exact) mass is 419 g/mol. The Kier molecular flexibility index (Phi) is 5.86. The molecule has 31 heavy (non-hydrogen) atoms. The van der Waals surface area contributed by atoms with Crippen LogP contribution in [0.15, 0.2) is 48.5 Å². The van der Waals surface area contributed by atoms with Crippen LogP contribution < -0.4 is 10.1 Å². The third kappa shape index (κ3) is 4.16. The normalized spacial score (nSPS) is 25.2. The number of nitrogens with zero attached hydrogens (tertiary/aromatic N) is 2. The molecule has 0 aromatic heterocycles. The van der Waals surface area contributed by atoms with Gasteiger partial charge in [-0.2, -0.15) is 0 Å². The Morgan fingerprint density at radius 1 is 1.16 bits per heavy atom. The van der Waals surface area contributed by atoms with Crippen LogP contribution in [-0.4, -0.2) is 55.2 Å². The number of fused-ring (bicyclic) bond motifs is 4. The predicted octanol–water partition coefficient (Wildman–Crippen LogP) is 4.03. The molecule has 3 atom stereocenters. The molecule has 1 N–H and O–H groups in total. The standard InChI is InChI=1S/C26H33N3O2/c1-31-22-10-9-20-12-15-28-18-21-8-5-14-29(24(21)17-25(28)23(20)16-22)26(30)27-13-11-19-6-3-2-4-7-19/h2-4,6-7,9-10,16,21,24-25H,5,8,11-15,17-18H2,1H3,(H,27,30)/t21-,24+,25-/m1/s1. The van der Waals surface area contributed by atoms with Crippen LogP contribution in [0.1, 0.15) is 42.0 Å². The number of methoxy groups -OCH3 is 1. The number of nitrogens with one attached hydrogen (secondary N) is 1. The first-order valence-electron chi connectivity index (χ1n) is 11.7. The maximum atomic E-state index is 13.1. The molecule has 3 aliphatic heterocycles. The van der Waals surface area contributed by atoms with Crippen molar-refractivity contribution in [1.29, 1.82) is 0 Å². The van der Waals surface area contributed by atoms with Gasteiger partial charge in [0.05, 0.1) is 7.11 Å². The van der Waals surface area contributed by atoms with Crippen molar-refractivity contribution >= 4 is 6.03 Å². The molecule has 2 aromatic rings. The lowest BCUT2D eigenvalue weighted by Crippen LogP contribution is -2.59. The maximum Gasteiger partial charge on any atom is 0.317 e. The van der Waals surface area contributed by atoms with Crippen molar-refractivity contribution in [2.45, 2.75) is 44.2 Å². The van der Waals surface area contributed by atoms with Gasteiger partial charge in [-0.25, -0.2) is 4.79 Å². The molecular weight excluding hydrogens is 386 g/mol. The molecule has 2 fully saturated rings. The van der Waals surface area contributed by atoms with Crippen molar-refractivity contribution in [2.24, 2.45) is 5.92 Å². The highest BCUT2D eigenvalue weighted by Gasteiger charge is 2.44. The number of hydrogen-bond acceptors (Lipinski definition) is 3. The first-order chi connectivity index (χ1) is 15.2. The van der Waals surface area contributed by atoms with E-state index in [1.54, 1.807) is 7.11 Å². The lowest BCUT2D eigenvalue weighted by atomic mass is 9.76. The minimum absolute atomic E-state index is 0.112. The average molecular weight is 420 g/mol. The summed E-state index contributed by atoms with van der Waals surface area (Å²) in [7, 11) is 1.74. The van der Waals surface area contributed by atoms with E-state index in [0.717, 1.165) is 51.1 Å². The van der Waals surface area contributed by atoms with E-state index in [-0.39, 0.29) is 6.03 Å². The van der Waals surface area contributed by atoms with Gasteiger partial charge in [0.25, 0.3) is 0 Å². The number of rotatable bonds is 4. The first kappa shape index (κ1) is 20.4. The highest BCUT2D eigenvalue weighted by molar-refractivity contribution is 5.74. The summed E-state index contributed by atoms with van der Waals surface area (Å²) >= 11 is 0. The largest absolute Gasteiger partial charge is 0.497 e. The zero-order chi connectivity index (χ0) is 21.2. The Balaban J connectivity index is 1.28. The minimum atomic E-state index is 0.112. The fourth-order valence-corrected chi connectivity index (χ4v) is 5.86. The molecule has 0 spiro atoms. The molecule has 2 amide bonds. The van der Waals surface area contributed by atoms with Crippen LogP contribution in [0.3, 0.4) is 0 Å². The summed E-state index contributed by atoms with van der Waals surface area (Å²) in [6, 6.07) is 17.7. The molecule has 164 valence electrons. The molecule has 0 aliphatic carbocycles. The second-order valence-corrected chi connectivity index (χ2v) is 9.19. The number of piperidine rings is 2. The van der Waals surface area contributed by atoms with Gasteiger partial charge in [-0.15, -0.1) is 0 Å². The quantitative estimate of drug-likeness (QED) is 0.814. The van der Waals surface area contributed by atoms with Gasteiger partial charge in [-0.05, 0) is 66.8 Å². The van der Waals surface area contributed by atoms with E-state index in [1.807, 2.05) is 6.07 Å². The van der Waals surface area contributed by atoms with Crippen molar-refractivity contribution in [1.82, 2.24) is 15.1 Å². The lowest BCUT2D eigenvalue weighted by Gasteiger charge is -2.52. The number of urea groups is 1. The van der Waals surface area contributed by atoms with Gasteiger partial charge in [0.15, 0.2) is 0 Å². The number of carbonyl (C=O) groups is 1. The predicted molar refractivity (Wildman–Crippen MR) is 122 cm³/mol. The summed E-state index contributed by atoms with van der Waals surface area (Å²) in [6.07, 6.45) is 5.34. The molecule has 2 saturated heterocycles. The Hall–Kier alpha value is -2.53. The smallest absolute Gasteiger partial charge is 0.317 e. The number of benzene rings is 2. The number of amides is 2. The third-order valence-electron chi connectivity index (χ3n) is 7.47. The number of ether oxygens (including phenoxy) is 1. The van der Waals surface area contributed by atoms with E-state index < -0.39 is 0 Å². The van der Waals surface area contributed by atoms with E-state index in [4.69, 9.17) is 4.74 Å². The van der Waals surface area contributed by atoms with Crippen molar-refractivity contribution in [3.63, 3.8) is 0 Å². The van der Waals surface area contributed by atoms with E-state index in [9.17, 15) is 4.79 Å². The van der Waals surface area contributed by atoms with Crippen LogP contribution in [0, 0.1) is 5.92 Å². The van der Waals surface area contributed by atoms with Gasteiger partial charge in [0.1, 0.15) is 5.75 Å². The third-order valence-corrected chi connectivity index (χ3v) is 7.47. The van der Waals surface area contributed by atoms with Crippen molar-refractivity contribution in [3.8, 4) is 5.75 Å².